The first kappa shape index (κ1) is 9.12. The molecule has 0 aromatic rings. The Labute approximate surface area is 78.4 Å². The van der Waals surface area contributed by atoms with Crippen molar-refractivity contribution in [2.45, 2.75) is 20.8 Å². The molecule has 0 radical (unpaired) electrons. The van der Waals surface area contributed by atoms with Crippen LogP contribution in [-0.4, -0.2) is 21.4 Å². The first-order chi connectivity index (χ1) is 5.09. The Morgan fingerprint density at radius 3 is 2.18 bits per heavy atom. The Hall–Kier alpha value is 0.0283. The van der Waals surface area contributed by atoms with Gasteiger partial charge in [-0.05, 0) is 0 Å². The van der Waals surface area contributed by atoms with Crippen LogP contribution in [0.15, 0.2) is 0 Å². The van der Waals surface area contributed by atoms with Crippen molar-refractivity contribution < 1.29 is 24.1 Å². The molecular formula is C8H13NOW. The van der Waals surface area contributed by atoms with Gasteiger partial charge < -0.3 is 0 Å². The van der Waals surface area contributed by atoms with Crippen molar-refractivity contribution in [2.75, 3.05) is 6.54 Å². The molecule has 0 aromatic carbocycles. The van der Waals surface area contributed by atoms with E-state index in [9.17, 15) is 4.79 Å². The Morgan fingerprint density at radius 2 is 2.00 bits per heavy atom. The van der Waals surface area contributed by atoms with Gasteiger partial charge in [-0.25, -0.2) is 0 Å². The first-order valence-corrected chi connectivity index (χ1v) is 5.41. The van der Waals surface area contributed by atoms with E-state index in [1.165, 1.54) is 23.4 Å². The third-order valence-electron chi connectivity index (χ3n) is 2.38. The zero-order chi connectivity index (χ0) is 8.59. The van der Waals surface area contributed by atoms with E-state index in [1.54, 1.807) is 0 Å². The van der Waals surface area contributed by atoms with E-state index < -0.39 is 0 Å². The van der Waals surface area contributed by atoms with E-state index in [4.69, 9.17) is 0 Å². The van der Waals surface area contributed by atoms with Crippen LogP contribution in [0.25, 0.3) is 0 Å². The van der Waals surface area contributed by atoms with Crippen LogP contribution in [-0.2, 0) is 24.1 Å². The van der Waals surface area contributed by atoms with E-state index in [0.29, 0.717) is 11.8 Å². The Kier molecular flexibility index (Phi) is 2.64. The number of hydrogen-bond donors (Lipinski definition) is 0. The van der Waals surface area contributed by atoms with Gasteiger partial charge in [-0.2, -0.15) is 0 Å². The second kappa shape index (κ2) is 3.18. The number of hydrogen-bond acceptors (Lipinski definition) is 1. The minimum absolute atomic E-state index is 0.211. The van der Waals surface area contributed by atoms with Crippen molar-refractivity contribution in [1.82, 2.24) is 4.90 Å². The van der Waals surface area contributed by atoms with Crippen LogP contribution in [0, 0.1) is 11.8 Å². The third-order valence-corrected chi connectivity index (χ3v) is 4.50. The second-order valence-corrected chi connectivity index (χ2v) is 4.50. The summed E-state index contributed by atoms with van der Waals surface area (Å²) in [6, 6.07) is 0. The summed E-state index contributed by atoms with van der Waals surface area (Å²) in [6.07, 6.45) is 0. The van der Waals surface area contributed by atoms with Crippen molar-refractivity contribution in [3.05, 3.63) is 0 Å². The Bertz CT molecular complexity index is 182. The van der Waals surface area contributed by atoms with Crippen LogP contribution in [0.1, 0.15) is 20.8 Å². The summed E-state index contributed by atoms with van der Waals surface area (Å²) in [5.74, 6) is 0.991. The van der Waals surface area contributed by atoms with Crippen molar-refractivity contribution >= 4 is 9.93 Å². The summed E-state index contributed by atoms with van der Waals surface area (Å²) in [5, 5.41) is 0. The Morgan fingerprint density at radius 1 is 1.45 bits per heavy atom. The first-order valence-electron chi connectivity index (χ1n) is 3.94. The number of carbonyl (C=O) groups excluding carboxylic acids is 1. The van der Waals surface area contributed by atoms with Crippen molar-refractivity contribution in [1.29, 1.82) is 0 Å². The summed E-state index contributed by atoms with van der Waals surface area (Å²) in [6.45, 7) is 7.03. The van der Waals surface area contributed by atoms with Gasteiger partial charge in [0.1, 0.15) is 0 Å². The minimum atomic E-state index is 0.211. The molecule has 1 saturated heterocycles. The van der Waals surface area contributed by atoms with E-state index in [0.717, 1.165) is 6.54 Å². The van der Waals surface area contributed by atoms with Gasteiger partial charge in [0.15, 0.2) is 0 Å². The molecule has 2 atom stereocenters. The molecule has 1 aliphatic rings. The molecule has 2 nitrogen and oxygen atoms in total. The van der Waals surface area contributed by atoms with Gasteiger partial charge in [-0.1, -0.05) is 0 Å². The molecule has 1 fully saturated rings. The predicted octanol–water partition coefficient (Wildman–Crippen LogP) is 0.797. The van der Waals surface area contributed by atoms with Gasteiger partial charge in [0.05, 0.1) is 0 Å². The normalized spacial score (nSPS) is 31.7. The van der Waals surface area contributed by atoms with E-state index in [2.05, 4.69) is 6.92 Å². The van der Waals surface area contributed by atoms with Gasteiger partial charge in [0.25, 0.3) is 0 Å². The van der Waals surface area contributed by atoms with Crippen molar-refractivity contribution in [3.8, 4) is 0 Å². The molecule has 1 amide bonds. The molecule has 0 aromatic heterocycles. The molecule has 3 heteroatoms. The van der Waals surface area contributed by atoms with Crippen LogP contribution in [0.5, 0.6) is 0 Å². The molecule has 0 spiro atoms. The molecule has 1 rings (SSSR count). The van der Waals surface area contributed by atoms with E-state index in [-0.39, 0.29) is 5.92 Å². The van der Waals surface area contributed by atoms with Gasteiger partial charge in [-0.15, -0.1) is 0 Å². The topological polar surface area (TPSA) is 20.3 Å². The average Bonchev–Trinajstić information content (AvgIpc) is 2.17. The zero-order valence-corrected chi connectivity index (χ0v) is 10.1. The molecule has 0 saturated carbocycles. The average molecular weight is 323 g/mol. The molecule has 0 aliphatic carbocycles. The fourth-order valence-corrected chi connectivity index (χ4v) is 2.86. The van der Waals surface area contributed by atoms with Gasteiger partial charge in [-0.3, -0.25) is 0 Å². The summed E-state index contributed by atoms with van der Waals surface area (Å²) < 4.78 is 1.31. The number of nitrogens with zero attached hydrogens (tertiary/aromatic N) is 1. The van der Waals surface area contributed by atoms with E-state index in [1.807, 2.05) is 18.7 Å². The Balaban J connectivity index is 2.86. The van der Waals surface area contributed by atoms with Gasteiger partial charge >= 0.3 is 78.1 Å². The second-order valence-electron chi connectivity index (χ2n) is 3.00. The standard InChI is InChI=1S/C8H13NO.W/c1-4-9-5-6(2)7(3)8(9)10;/h6-7H,4H2,1-3H3;. The molecule has 0 N–H and O–H groups in total. The fraction of sp³-hybridized carbons (Fsp3) is 0.750. The maximum absolute atomic E-state index is 11.5. The number of amides is 1. The van der Waals surface area contributed by atoms with Crippen LogP contribution in [0.2, 0.25) is 0 Å². The van der Waals surface area contributed by atoms with Crippen molar-refractivity contribution in [3.63, 3.8) is 0 Å². The summed E-state index contributed by atoms with van der Waals surface area (Å²) in [5.41, 5.74) is 0. The molecule has 1 aliphatic heterocycles. The van der Waals surface area contributed by atoms with E-state index >= 15 is 0 Å². The van der Waals surface area contributed by atoms with Crippen molar-refractivity contribution in [2.24, 2.45) is 11.8 Å². The SMILES string of the molecule is CCN1C(=O)C(C)C(C)[C]1=[W]. The molecular weight excluding hydrogens is 310 g/mol. The number of carbonyl (C=O) groups is 1. The summed E-state index contributed by atoms with van der Waals surface area (Å²) >= 11 is 1.44. The monoisotopic (exact) mass is 323 g/mol. The molecule has 62 valence electrons. The molecule has 11 heavy (non-hydrogen) atoms. The maximum atomic E-state index is 11.5. The number of likely N-dealkylation sites (tertiary alicyclic amines) is 1. The summed E-state index contributed by atoms with van der Waals surface area (Å²) in [4.78, 5) is 13.4. The fourth-order valence-electron chi connectivity index (χ4n) is 1.34. The van der Waals surface area contributed by atoms with Crippen LogP contribution >= 0.6 is 0 Å². The molecule has 1 heterocycles. The van der Waals surface area contributed by atoms with Crippen LogP contribution in [0.3, 0.4) is 0 Å². The molecule has 2 unspecified atom stereocenters. The quantitative estimate of drug-likeness (QED) is 0.699. The zero-order valence-electron chi connectivity index (χ0n) is 7.13. The van der Waals surface area contributed by atoms with Crippen LogP contribution in [0.4, 0.5) is 0 Å². The number of rotatable bonds is 1. The molecule has 0 bridgehead atoms. The van der Waals surface area contributed by atoms with Crippen LogP contribution < -0.4 is 0 Å². The predicted molar refractivity (Wildman–Crippen MR) is 40.7 cm³/mol. The third kappa shape index (κ3) is 1.33. The van der Waals surface area contributed by atoms with Gasteiger partial charge in [0.2, 0.25) is 0 Å². The van der Waals surface area contributed by atoms with Gasteiger partial charge in [0, 0.05) is 0 Å². The summed E-state index contributed by atoms with van der Waals surface area (Å²) in [7, 11) is 0.